The summed E-state index contributed by atoms with van der Waals surface area (Å²) in [6, 6.07) is 12.1. The zero-order chi connectivity index (χ0) is 17.7. The number of rotatable bonds is 6. The first-order valence-corrected chi connectivity index (χ1v) is 7.76. The fourth-order valence-corrected chi connectivity index (χ4v) is 2.40. The molecule has 0 aromatic heterocycles. The zero-order valence-corrected chi connectivity index (χ0v) is 14.0. The third-order valence-corrected chi connectivity index (χ3v) is 3.56. The lowest BCUT2D eigenvalue weighted by Crippen LogP contribution is -2.30. The van der Waals surface area contributed by atoms with E-state index in [1.54, 1.807) is 30.3 Å². The van der Waals surface area contributed by atoms with E-state index in [1.165, 1.54) is 6.07 Å². The largest absolute Gasteiger partial charge is 0.381 e. The van der Waals surface area contributed by atoms with Crippen molar-refractivity contribution in [1.29, 1.82) is 0 Å². The fraction of sp³-hybridized carbons (Fsp3) is 0.278. The van der Waals surface area contributed by atoms with Gasteiger partial charge in [-0.2, -0.15) is 0 Å². The van der Waals surface area contributed by atoms with Crippen LogP contribution in [0.4, 0.5) is 11.4 Å². The Morgan fingerprint density at radius 3 is 2.54 bits per heavy atom. The molecule has 0 saturated heterocycles. The van der Waals surface area contributed by atoms with Gasteiger partial charge in [0, 0.05) is 35.5 Å². The van der Waals surface area contributed by atoms with E-state index in [0.717, 1.165) is 11.3 Å². The summed E-state index contributed by atoms with van der Waals surface area (Å²) >= 11 is 0. The number of carbonyl (C=O) groups excluding carboxylic acids is 1. The Morgan fingerprint density at radius 2 is 1.92 bits per heavy atom. The van der Waals surface area contributed by atoms with Crippen LogP contribution in [-0.4, -0.2) is 16.9 Å². The number of hydrogen-bond acceptors (Lipinski definition) is 4. The molecule has 0 radical (unpaired) electrons. The van der Waals surface area contributed by atoms with Crippen LogP contribution >= 0.6 is 0 Å². The number of nitro groups is 1. The van der Waals surface area contributed by atoms with Crippen molar-refractivity contribution in [3.8, 4) is 0 Å². The monoisotopic (exact) mass is 327 g/mol. The normalized spacial score (nSPS) is 10.5. The third kappa shape index (κ3) is 4.32. The maximum absolute atomic E-state index is 12.1. The van der Waals surface area contributed by atoms with E-state index in [0.29, 0.717) is 17.7 Å². The molecule has 2 aromatic rings. The average molecular weight is 327 g/mol. The predicted molar refractivity (Wildman–Crippen MR) is 94.2 cm³/mol. The van der Waals surface area contributed by atoms with Gasteiger partial charge in [-0.15, -0.1) is 0 Å². The van der Waals surface area contributed by atoms with Crippen molar-refractivity contribution in [3.63, 3.8) is 0 Å². The van der Waals surface area contributed by atoms with Crippen molar-refractivity contribution < 1.29 is 9.72 Å². The van der Waals surface area contributed by atoms with Crippen molar-refractivity contribution in [1.82, 2.24) is 5.32 Å². The molecule has 0 atom stereocenters. The lowest BCUT2D eigenvalue weighted by molar-refractivity contribution is -0.385. The molecule has 6 heteroatoms. The van der Waals surface area contributed by atoms with E-state index in [-0.39, 0.29) is 22.6 Å². The number of benzene rings is 2. The summed E-state index contributed by atoms with van der Waals surface area (Å²) < 4.78 is 0. The van der Waals surface area contributed by atoms with Crippen LogP contribution in [0.2, 0.25) is 0 Å². The molecule has 0 saturated carbocycles. The zero-order valence-electron chi connectivity index (χ0n) is 14.0. The first kappa shape index (κ1) is 17.5. The van der Waals surface area contributed by atoms with Gasteiger partial charge in [0.25, 0.3) is 11.6 Å². The molecule has 24 heavy (non-hydrogen) atoms. The van der Waals surface area contributed by atoms with Gasteiger partial charge in [0.2, 0.25) is 0 Å². The third-order valence-electron chi connectivity index (χ3n) is 3.56. The summed E-state index contributed by atoms with van der Waals surface area (Å²) in [5, 5.41) is 17.1. The quantitative estimate of drug-likeness (QED) is 0.626. The Bertz CT molecular complexity index is 757. The van der Waals surface area contributed by atoms with Crippen LogP contribution in [0.1, 0.15) is 35.3 Å². The van der Waals surface area contributed by atoms with E-state index in [9.17, 15) is 14.9 Å². The van der Waals surface area contributed by atoms with Gasteiger partial charge in [-0.3, -0.25) is 14.9 Å². The van der Waals surface area contributed by atoms with Gasteiger partial charge in [0.15, 0.2) is 0 Å². The molecule has 0 aliphatic rings. The van der Waals surface area contributed by atoms with Crippen LogP contribution in [0, 0.1) is 17.0 Å². The smallest absolute Gasteiger partial charge is 0.274 e. The number of aryl methyl sites for hydroxylation is 1. The summed E-state index contributed by atoms with van der Waals surface area (Å²) in [6.07, 6.45) is 0. The Morgan fingerprint density at radius 1 is 1.21 bits per heavy atom. The second-order valence-corrected chi connectivity index (χ2v) is 5.90. The number of nitrogens with zero attached hydrogens (tertiary/aromatic N) is 1. The van der Waals surface area contributed by atoms with E-state index in [4.69, 9.17) is 0 Å². The number of amides is 1. The Balaban J connectivity index is 2.11. The average Bonchev–Trinajstić information content (AvgIpc) is 2.52. The molecule has 126 valence electrons. The van der Waals surface area contributed by atoms with Gasteiger partial charge < -0.3 is 10.6 Å². The highest BCUT2D eigenvalue weighted by Crippen LogP contribution is 2.20. The van der Waals surface area contributed by atoms with Crippen LogP contribution in [-0.2, 0) is 6.54 Å². The fourth-order valence-electron chi connectivity index (χ4n) is 2.40. The molecule has 2 rings (SSSR count). The van der Waals surface area contributed by atoms with Gasteiger partial charge in [-0.05, 0) is 44.5 Å². The molecule has 6 nitrogen and oxygen atoms in total. The van der Waals surface area contributed by atoms with E-state index >= 15 is 0 Å². The molecule has 0 heterocycles. The van der Waals surface area contributed by atoms with E-state index in [2.05, 4.69) is 10.6 Å². The van der Waals surface area contributed by atoms with Crippen LogP contribution in [0.5, 0.6) is 0 Å². The standard InChI is InChI=1S/C18H21N3O3/c1-12(2)20-18(22)16-9-8-15(10-13(16)3)19-11-14-6-4-5-7-17(14)21(23)24/h4-10,12,19H,11H2,1-3H3,(H,20,22). The maximum atomic E-state index is 12.1. The molecular formula is C18H21N3O3. The molecule has 0 fully saturated rings. The van der Waals surface area contributed by atoms with Gasteiger partial charge in [0.05, 0.1) is 4.92 Å². The molecule has 2 N–H and O–H groups in total. The molecule has 0 bridgehead atoms. The number of anilines is 1. The maximum Gasteiger partial charge on any atom is 0.274 e. The topological polar surface area (TPSA) is 84.3 Å². The number of nitrogens with one attached hydrogen (secondary N) is 2. The minimum atomic E-state index is -0.387. The SMILES string of the molecule is Cc1cc(NCc2ccccc2[N+](=O)[O-])ccc1C(=O)NC(C)C. The molecule has 1 amide bonds. The van der Waals surface area contributed by atoms with Crippen LogP contribution < -0.4 is 10.6 Å². The summed E-state index contributed by atoms with van der Waals surface area (Å²) in [7, 11) is 0. The van der Waals surface area contributed by atoms with Gasteiger partial charge in [0.1, 0.15) is 0 Å². The van der Waals surface area contributed by atoms with Crippen molar-refractivity contribution in [2.75, 3.05) is 5.32 Å². The van der Waals surface area contributed by atoms with E-state index < -0.39 is 0 Å². The summed E-state index contributed by atoms with van der Waals surface area (Å²) in [6.45, 7) is 6.03. The number of hydrogen-bond donors (Lipinski definition) is 2. The summed E-state index contributed by atoms with van der Waals surface area (Å²) in [4.78, 5) is 22.7. The van der Waals surface area contributed by atoms with Crippen molar-refractivity contribution in [2.45, 2.75) is 33.4 Å². The number of nitro benzene ring substituents is 1. The number of carbonyl (C=O) groups is 1. The highest BCUT2D eigenvalue weighted by atomic mass is 16.6. The highest BCUT2D eigenvalue weighted by Gasteiger charge is 2.13. The van der Waals surface area contributed by atoms with Gasteiger partial charge >= 0.3 is 0 Å². The first-order valence-electron chi connectivity index (χ1n) is 7.76. The minimum Gasteiger partial charge on any atom is -0.381 e. The second kappa shape index (κ2) is 7.59. The molecular weight excluding hydrogens is 306 g/mol. The van der Waals surface area contributed by atoms with Crippen LogP contribution in [0.3, 0.4) is 0 Å². The Labute approximate surface area is 141 Å². The Kier molecular flexibility index (Phi) is 5.52. The highest BCUT2D eigenvalue weighted by molar-refractivity contribution is 5.96. The summed E-state index contributed by atoms with van der Waals surface area (Å²) in [5.41, 5.74) is 2.99. The molecule has 2 aromatic carbocycles. The van der Waals surface area contributed by atoms with Crippen molar-refractivity contribution in [2.24, 2.45) is 0 Å². The number of para-hydroxylation sites is 1. The first-order chi connectivity index (χ1) is 11.4. The summed E-state index contributed by atoms with van der Waals surface area (Å²) in [5.74, 6) is -0.104. The Hall–Kier alpha value is -2.89. The van der Waals surface area contributed by atoms with Crippen molar-refractivity contribution >= 4 is 17.3 Å². The van der Waals surface area contributed by atoms with Gasteiger partial charge in [-0.25, -0.2) is 0 Å². The molecule has 0 aliphatic carbocycles. The molecule has 0 unspecified atom stereocenters. The second-order valence-electron chi connectivity index (χ2n) is 5.90. The predicted octanol–water partition coefficient (Wildman–Crippen LogP) is 3.65. The van der Waals surface area contributed by atoms with Crippen molar-refractivity contribution in [3.05, 3.63) is 69.3 Å². The lowest BCUT2D eigenvalue weighted by atomic mass is 10.1. The molecule has 0 spiro atoms. The molecule has 0 aliphatic heterocycles. The lowest BCUT2D eigenvalue weighted by Gasteiger charge is -2.12. The van der Waals surface area contributed by atoms with Gasteiger partial charge in [-0.1, -0.05) is 18.2 Å². The van der Waals surface area contributed by atoms with Crippen LogP contribution in [0.15, 0.2) is 42.5 Å². The minimum absolute atomic E-state index is 0.0772. The van der Waals surface area contributed by atoms with Crippen LogP contribution in [0.25, 0.3) is 0 Å². The van der Waals surface area contributed by atoms with E-state index in [1.807, 2.05) is 26.8 Å².